The van der Waals surface area contributed by atoms with Crippen LogP contribution in [0.4, 0.5) is 0 Å². The van der Waals surface area contributed by atoms with E-state index in [9.17, 15) is 4.79 Å². The predicted molar refractivity (Wildman–Crippen MR) is 52.7 cm³/mol. The summed E-state index contributed by atoms with van der Waals surface area (Å²) in [6.07, 6.45) is 0. The molecule has 0 aliphatic rings. The fourth-order valence-electron chi connectivity index (χ4n) is 0.806. The standard InChI is InChI=1S/C10H10O2S/c1-7-8(2)13-6-9(7)4-5-10(11)12-3/h6H,1-3H3. The molecule has 1 heterocycles. The van der Waals surface area contributed by atoms with Crippen molar-refractivity contribution in [1.82, 2.24) is 0 Å². The van der Waals surface area contributed by atoms with E-state index >= 15 is 0 Å². The van der Waals surface area contributed by atoms with Crippen LogP contribution >= 0.6 is 11.3 Å². The van der Waals surface area contributed by atoms with Gasteiger partial charge >= 0.3 is 5.97 Å². The average Bonchev–Trinajstić information content (AvgIpc) is 2.44. The second-order valence-electron chi connectivity index (χ2n) is 2.57. The van der Waals surface area contributed by atoms with Gasteiger partial charge in [0.25, 0.3) is 0 Å². The molecule has 0 aliphatic heterocycles. The maximum atomic E-state index is 10.7. The highest BCUT2D eigenvalue weighted by atomic mass is 32.1. The van der Waals surface area contributed by atoms with Gasteiger partial charge in [0.05, 0.1) is 7.11 Å². The minimum Gasteiger partial charge on any atom is -0.459 e. The highest BCUT2D eigenvalue weighted by Gasteiger charge is 2.00. The quantitative estimate of drug-likeness (QED) is 0.465. The van der Waals surface area contributed by atoms with Crippen molar-refractivity contribution in [2.24, 2.45) is 0 Å². The molecule has 0 aromatic carbocycles. The van der Waals surface area contributed by atoms with Gasteiger partial charge in [-0.1, -0.05) is 5.92 Å². The molecule has 0 spiro atoms. The van der Waals surface area contributed by atoms with Crippen LogP contribution in [-0.2, 0) is 9.53 Å². The van der Waals surface area contributed by atoms with E-state index in [-0.39, 0.29) is 0 Å². The van der Waals surface area contributed by atoms with E-state index in [4.69, 9.17) is 0 Å². The molecule has 0 radical (unpaired) electrons. The van der Waals surface area contributed by atoms with Gasteiger partial charge in [-0.3, -0.25) is 0 Å². The number of rotatable bonds is 0. The first-order valence-electron chi connectivity index (χ1n) is 3.79. The number of hydrogen-bond donors (Lipinski definition) is 0. The first kappa shape index (κ1) is 9.82. The van der Waals surface area contributed by atoms with Gasteiger partial charge in [-0.25, -0.2) is 4.79 Å². The number of ether oxygens (including phenoxy) is 1. The fraction of sp³-hybridized carbons (Fsp3) is 0.300. The zero-order chi connectivity index (χ0) is 9.84. The number of carbonyl (C=O) groups is 1. The van der Waals surface area contributed by atoms with Crippen molar-refractivity contribution in [2.45, 2.75) is 13.8 Å². The van der Waals surface area contributed by atoms with Crippen molar-refractivity contribution in [1.29, 1.82) is 0 Å². The summed E-state index contributed by atoms with van der Waals surface area (Å²) in [4.78, 5) is 11.9. The molecule has 2 nitrogen and oxygen atoms in total. The molecule has 0 bridgehead atoms. The predicted octanol–water partition coefficient (Wildman–Crippen LogP) is 1.89. The zero-order valence-corrected chi connectivity index (χ0v) is 8.62. The van der Waals surface area contributed by atoms with Crippen LogP contribution in [0.1, 0.15) is 16.0 Å². The van der Waals surface area contributed by atoms with Crippen LogP contribution in [0, 0.1) is 25.7 Å². The van der Waals surface area contributed by atoms with Crippen LogP contribution in [0.5, 0.6) is 0 Å². The molecule has 3 heteroatoms. The zero-order valence-electron chi connectivity index (χ0n) is 7.80. The molecule has 0 N–H and O–H groups in total. The van der Waals surface area contributed by atoms with E-state index in [0.29, 0.717) is 0 Å². The fourth-order valence-corrected chi connectivity index (χ4v) is 1.62. The van der Waals surface area contributed by atoms with Gasteiger partial charge in [0.1, 0.15) is 0 Å². The molecule has 0 unspecified atom stereocenters. The molecular weight excluding hydrogens is 184 g/mol. The molecule has 0 saturated carbocycles. The van der Waals surface area contributed by atoms with Crippen molar-refractivity contribution in [3.05, 3.63) is 21.4 Å². The SMILES string of the molecule is COC(=O)C#Cc1csc(C)c1C. The number of hydrogen-bond acceptors (Lipinski definition) is 3. The van der Waals surface area contributed by atoms with Crippen molar-refractivity contribution >= 4 is 17.3 Å². The van der Waals surface area contributed by atoms with Gasteiger partial charge in [-0.05, 0) is 19.4 Å². The molecule has 13 heavy (non-hydrogen) atoms. The Morgan fingerprint density at radius 3 is 2.69 bits per heavy atom. The molecule has 0 fully saturated rings. The van der Waals surface area contributed by atoms with Gasteiger partial charge in [0, 0.05) is 21.7 Å². The molecule has 1 aromatic rings. The first-order valence-corrected chi connectivity index (χ1v) is 4.67. The summed E-state index contributed by atoms with van der Waals surface area (Å²) < 4.78 is 4.41. The summed E-state index contributed by atoms with van der Waals surface area (Å²) >= 11 is 1.64. The van der Waals surface area contributed by atoms with Gasteiger partial charge in [0.2, 0.25) is 0 Å². The minimum absolute atomic E-state index is 0.497. The van der Waals surface area contributed by atoms with E-state index < -0.39 is 5.97 Å². The van der Waals surface area contributed by atoms with E-state index in [1.54, 1.807) is 11.3 Å². The van der Waals surface area contributed by atoms with Gasteiger partial charge in [-0.15, -0.1) is 11.3 Å². The van der Waals surface area contributed by atoms with Crippen molar-refractivity contribution in [3.63, 3.8) is 0 Å². The highest BCUT2D eigenvalue weighted by molar-refractivity contribution is 7.10. The average molecular weight is 194 g/mol. The Balaban J connectivity index is 2.89. The maximum Gasteiger partial charge on any atom is 0.384 e. The summed E-state index contributed by atoms with van der Waals surface area (Å²) in [6, 6.07) is 0. The second kappa shape index (κ2) is 4.11. The van der Waals surface area contributed by atoms with E-state index in [0.717, 1.165) is 11.1 Å². The topological polar surface area (TPSA) is 26.3 Å². The number of thiophene rings is 1. The molecule has 1 aromatic heterocycles. The summed E-state index contributed by atoms with van der Waals surface area (Å²) in [5.74, 6) is 4.67. The number of aryl methyl sites for hydroxylation is 1. The minimum atomic E-state index is -0.497. The summed E-state index contributed by atoms with van der Waals surface area (Å²) in [5.41, 5.74) is 2.05. The van der Waals surface area contributed by atoms with E-state index in [1.165, 1.54) is 12.0 Å². The summed E-state index contributed by atoms with van der Waals surface area (Å²) in [6.45, 7) is 4.02. The third-order valence-electron chi connectivity index (χ3n) is 1.77. The van der Waals surface area contributed by atoms with E-state index in [1.807, 2.05) is 19.2 Å². The lowest BCUT2D eigenvalue weighted by Gasteiger charge is -1.88. The normalized spacial score (nSPS) is 8.85. The Kier molecular flexibility index (Phi) is 3.10. The number of esters is 1. The van der Waals surface area contributed by atoms with E-state index in [2.05, 4.69) is 16.6 Å². The molecule has 0 amide bonds. The van der Waals surface area contributed by atoms with Gasteiger partial charge < -0.3 is 4.74 Å². The lowest BCUT2D eigenvalue weighted by Crippen LogP contribution is -1.94. The number of methoxy groups -OCH3 is 1. The van der Waals surface area contributed by atoms with Crippen LogP contribution in [0.15, 0.2) is 5.38 Å². The monoisotopic (exact) mass is 194 g/mol. The smallest absolute Gasteiger partial charge is 0.384 e. The third-order valence-corrected chi connectivity index (χ3v) is 2.78. The Morgan fingerprint density at radius 2 is 2.23 bits per heavy atom. The van der Waals surface area contributed by atoms with Crippen LogP contribution < -0.4 is 0 Å². The van der Waals surface area contributed by atoms with Crippen molar-refractivity contribution < 1.29 is 9.53 Å². The Bertz CT molecular complexity index is 379. The molecule has 0 aliphatic carbocycles. The molecule has 0 atom stereocenters. The Hall–Kier alpha value is -1.27. The van der Waals surface area contributed by atoms with Gasteiger partial charge in [-0.2, -0.15) is 0 Å². The third kappa shape index (κ3) is 2.33. The summed E-state index contributed by atoms with van der Waals surface area (Å²) in [5, 5.41) is 1.95. The van der Waals surface area contributed by atoms with Crippen LogP contribution in [0.3, 0.4) is 0 Å². The summed E-state index contributed by atoms with van der Waals surface area (Å²) in [7, 11) is 1.32. The molecular formula is C10H10O2S. The van der Waals surface area contributed by atoms with Crippen molar-refractivity contribution in [3.8, 4) is 11.8 Å². The highest BCUT2D eigenvalue weighted by Crippen LogP contribution is 2.19. The Labute approximate surface area is 81.5 Å². The second-order valence-corrected chi connectivity index (χ2v) is 3.66. The maximum absolute atomic E-state index is 10.7. The first-order chi connectivity index (χ1) is 6.15. The van der Waals surface area contributed by atoms with Crippen LogP contribution in [0.25, 0.3) is 0 Å². The Morgan fingerprint density at radius 1 is 1.54 bits per heavy atom. The van der Waals surface area contributed by atoms with Gasteiger partial charge in [0.15, 0.2) is 0 Å². The molecule has 68 valence electrons. The lowest BCUT2D eigenvalue weighted by molar-refractivity contribution is -0.133. The molecule has 0 saturated heterocycles. The van der Waals surface area contributed by atoms with Crippen molar-refractivity contribution in [2.75, 3.05) is 7.11 Å². The lowest BCUT2D eigenvalue weighted by atomic mass is 10.2. The van der Waals surface area contributed by atoms with Crippen LogP contribution in [-0.4, -0.2) is 13.1 Å². The van der Waals surface area contributed by atoms with Crippen LogP contribution in [0.2, 0.25) is 0 Å². The largest absolute Gasteiger partial charge is 0.459 e. The number of carbonyl (C=O) groups excluding carboxylic acids is 1. The molecule has 1 rings (SSSR count).